The van der Waals surface area contributed by atoms with Crippen LogP contribution in [0.5, 0.6) is 23.0 Å². The van der Waals surface area contributed by atoms with E-state index in [4.69, 9.17) is 23.1 Å². The average molecular weight is 679 g/mol. The molecule has 0 fully saturated rings. The van der Waals surface area contributed by atoms with Crippen molar-refractivity contribution in [2.75, 3.05) is 13.2 Å². The Labute approximate surface area is 276 Å². The first-order valence-corrected chi connectivity index (χ1v) is 21.7. The predicted molar refractivity (Wildman–Crippen MR) is 181 cm³/mol. The molecule has 0 spiro atoms. The van der Waals surface area contributed by atoms with Crippen molar-refractivity contribution in [1.82, 2.24) is 0 Å². The molecule has 248 valence electrons. The molecule has 0 saturated heterocycles. The van der Waals surface area contributed by atoms with Gasteiger partial charge in [0.05, 0.1) is 24.3 Å². The Bertz CT molecular complexity index is 1470. The van der Waals surface area contributed by atoms with Crippen LogP contribution >= 0.6 is 0 Å². The van der Waals surface area contributed by atoms with E-state index < -0.39 is 40.2 Å². The number of halogens is 2. The summed E-state index contributed by atoms with van der Waals surface area (Å²) in [5, 5.41) is 0. The molecule has 0 amide bonds. The van der Waals surface area contributed by atoms with Crippen LogP contribution < -0.4 is 18.9 Å². The molecule has 7 nitrogen and oxygen atoms in total. The highest BCUT2D eigenvalue weighted by atomic mass is 28.4. The van der Waals surface area contributed by atoms with Gasteiger partial charge in [0.2, 0.25) is 0 Å². The first-order chi connectivity index (χ1) is 22.4. The first-order valence-electron chi connectivity index (χ1n) is 15.5. The van der Waals surface area contributed by atoms with Crippen molar-refractivity contribution in [3.05, 3.63) is 120 Å². The molecular weight excluding hydrogens is 639 g/mol. The zero-order chi connectivity index (χ0) is 33.9. The van der Waals surface area contributed by atoms with Crippen LogP contribution in [0.15, 0.2) is 97.1 Å². The summed E-state index contributed by atoms with van der Waals surface area (Å²) in [7, 11) is -3.84. The number of carbonyl (C=O) groups is 2. The minimum absolute atomic E-state index is 0.277. The molecule has 0 saturated carbocycles. The van der Waals surface area contributed by atoms with E-state index in [1.165, 1.54) is 48.5 Å². The third kappa shape index (κ3) is 12.1. The molecule has 4 aromatic carbocycles. The minimum Gasteiger partial charge on any atom is -0.494 e. The molecule has 0 atom stereocenters. The van der Waals surface area contributed by atoms with Gasteiger partial charge in [-0.15, -0.1) is 0 Å². The molecule has 0 aliphatic heterocycles. The van der Waals surface area contributed by atoms with Gasteiger partial charge < -0.3 is 23.1 Å². The second kappa shape index (κ2) is 16.5. The van der Waals surface area contributed by atoms with Crippen molar-refractivity contribution in [3.63, 3.8) is 0 Å². The number of esters is 2. The summed E-state index contributed by atoms with van der Waals surface area (Å²) in [6.07, 6.45) is 1.71. The zero-order valence-electron chi connectivity index (χ0n) is 27.1. The van der Waals surface area contributed by atoms with Crippen LogP contribution in [-0.4, -0.2) is 41.8 Å². The smallest absolute Gasteiger partial charge is 0.343 e. The zero-order valence-corrected chi connectivity index (χ0v) is 29.1. The Morgan fingerprint density at radius 2 is 0.830 bits per heavy atom. The SMILES string of the molecule is C[Si](C)(CCCOc1ccc(C(=O)Oc2ccc(F)cc2)cc1)O[Si](C)(C)CCCOc1ccc(C(=O)Oc2ccc(F)cc2)cc1. The summed E-state index contributed by atoms with van der Waals surface area (Å²) in [6.45, 7) is 10.0. The topological polar surface area (TPSA) is 80.3 Å². The highest BCUT2D eigenvalue weighted by Gasteiger charge is 2.32. The number of ether oxygens (including phenoxy) is 4. The van der Waals surface area contributed by atoms with E-state index in [9.17, 15) is 18.4 Å². The van der Waals surface area contributed by atoms with Crippen LogP contribution in [0, 0.1) is 11.6 Å². The molecule has 0 aliphatic carbocycles. The third-order valence-electron chi connectivity index (χ3n) is 7.16. The van der Waals surface area contributed by atoms with Crippen LogP contribution in [0.4, 0.5) is 8.78 Å². The van der Waals surface area contributed by atoms with Crippen molar-refractivity contribution in [1.29, 1.82) is 0 Å². The molecule has 0 radical (unpaired) electrons. The second-order valence-electron chi connectivity index (χ2n) is 12.3. The molecular formula is C36H40F2O7Si2. The van der Waals surface area contributed by atoms with Gasteiger partial charge in [-0.2, -0.15) is 0 Å². The van der Waals surface area contributed by atoms with Crippen LogP contribution in [0.25, 0.3) is 0 Å². The number of hydrogen-bond donors (Lipinski definition) is 0. The Hall–Kier alpha value is -4.33. The molecule has 11 heteroatoms. The molecule has 4 rings (SSSR count). The molecule has 0 aromatic heterocycles. The van der Waals surface area contributed by atoms with Gasteiger partial charge in [-0.05, 0) is 148 Å². The normalized spacial score (nSPS) is 11.5. The summed E-state index contributed by atoms with van der Waals surface area (Å²) in [6, 6.07) is 26.0. The van der Waals surface area contributed by atoms with Crippen molar-refractivity contribution >= 4 is 28.6 Å². The summed E-state index contributed by atoms with van der Waals surface area (Å²) >= 11 is 0. The van der Waals surface area contributed by atoms with Gasteiger partial charge in [-0.3, -0.25) is 0 Å². The van der Waals surface area contributed by atoms with E-state index in [-0.39, 0.29) is 11.5 Å². The lowest BCUT2D eigenvalue weighted by molar-refractivity contribution is 0.0725. The molecule has 0 N–H and O–H groups in total. The lowest BCUT2D eigenvalue weighted by atomic mass is 10.2. The van der Waals surface area contributed by atoms with Gasteiger partial charge in [-0.1, -0.05) is 0 Å². The molecule has 0 heterocycles. The third-order valence-corrected chi connectivity index (χ3v) is 14.7. The molecule has 4 aromatic rings. The fourth-order valence-electron chi connectivity index (χ4n) is 4.94. The number of benzene rings is 4. The van der Waals surface area contributed by atoms with Crippen molar-refractivity contribution in [2.45, 2.75) is 51.1 Å². The highest BCUT2D eigenvalue weighted by Crippen LogP contribution is 2.25. The van der Waals surface area contributed by atoms with Crippen LogP contribution in [0.2, 0.25) is 38.3 Å². The minimum atomic E-state index is -1.92. The monoisotopic (exact) mass is 678 g/mol. The van der Waals surface area contributed by atoms with E-state index in [1.807, 2.05) is 0 Å². The van der Waals surface area contributed by atoms with Crippen LogP contribution in [0.3, 0.4) is 0 Å². The Kier molecular flexibility index (Phi) is 12.5. The highest BCUT2D eigenvalue weighted by molar-refractivity contribution is 6.84. The lowest BCUT2D eigenvalue weighted by Gasteiger charge is -2.34. The first kappa shape index (κ1) is 35.5. The fraction of sp³-hybridized carbons (Fsp3) is 0.278. The Morgan fingerprint density at radius 1 is 0.511 bits per heavy atom. The summed E-state index contributed by atoms with van der Waals surface area (Å²) in [5.74, 6) is 0.0429. The molecule has 0 unspecified atom stereocenters. The van der Waals surface area contributed by atoms with Gasteiger partial charge in [0.15, 0.2) is 16.6 Å². The van der Waals surface area contributed by atoms with Gasteiger partial charge in [0.25, 0.3) is 0 Å². The fourth-order valence-corrected chi connectivity index (χ4v) is 13.7. The quantitative estimate of drug-likeness (QED) is 0.0506. The van der Waals surface area contributed by atoms with Gasteiger partial charge in [0.1, 0.15) is 34.6 Å². The average Bonchev–Trinajstić information content (AvgIpc) is 3.03. The van der Waals surface area contributed by atoms with Gasteiger partial charge >= 0.3 is 11.9 Å². The van der Waals surface area contributed by atoms with E-state index in [2.05, 4.69) is 26.2 Å². The van der Waals surface area contributed by atoms with E-state index >= 15 is 0 Å². The second-order valence-corrected chi connectivity index (χ2v) is 21.1. The number of rotatable bonds is 16. The Morgan fingerprint density at radius 3 is 1.17 bits per heavy atom. The van der Waals surface area contributed by atoms with E-state index in [1.54, 1.807) is 48.5 Å². The van der Waals surface area contributed by atoms with Gasteiger partial charge in [-0.25, -0.2) is 18.4 Å². The number of carbonyl (C=O) groups excluding carboxylic acids is 2. The van der Waals surface area contributed by atoms with Crippen LogP contribution in [0.1, 0.15) is 33.6 Å². The lowest BCUT2D eigenvalue weighted by Crippen LogP contribution is -2.44. The molecule has 0 aliphatic rings. The standard InChI is InChI=1S/C36H40F2O7Si2/c1-46(2,25-5-23-41-31-15-7-27(8-16-31)35(39)43-33-19-11-29(37)12-20-33)45-47(3,4)26-6-24-42-32-17-9-28(10-18-32)36(40)44-34-21-13-30(38)14-22-34/h7-22H,5-6,23-26H2,1-4H3. The molecule has 47 heavy (non-hydrogen) atoms. The summed E-state index contributed by atoms with van der Waals surface area (Å²) in [5.41, 5.74) is 0.751. The largest absolute Gasteiger partial charge is 0.494 e. The summed E-state index contributed by atoms with van der Waals surface area (Å²) < 4.78 is 55.2. The predicted octanol–water partition coefficient (Wildman–Crippen LogP) is 9.07. The molecule has 0 bridgehead atoms. The van der Waals surface area contributed by atoms with Gasteiger partial charge in [0, 0.05) is 0 Å². The van der Waals surface area contributed by atoms with E-state index in [0.717, 1.165) is 24.9 Å². The summed E-state index contributed by atoms with van der Waals surface area (Å²) in [4.78, 5) is 24.7. The van der Waals surface area contributed by atoms with Crippen LogP contribution in [-0.2, 0) is 4.12 Å². The maximum Gasteiger partial charge on any atom is 0.343 e. The Balaban J connectivity index is 1.11. The van der Waals surface area contributed by atoms with Crippen molar-refractivity contribution in [2.24, 2.45) is 0 Å². The number of hydrogen-bond acceptors (Lipinski definition) is 7. The maximum atomic E-state index is 13.1. The van der Waals surface area contributed by atoms with E-state index in [0.29, 0.717) is 35.8 Å². The maximum absolute atomic E-state index is 13.1. The van der Waals surface area contributed by atoms with Crippen molar-refractivity contribution in [3.8, 4) is 23.0 Å². The van der Waals surface area contributed by atoms with Crippen molar-refractivity contribution < 1.29 is 41.4 Å².